The van der Waals surface area contributed by atoms with Gasteiger partial charge >= 0.3 is 6.09 Å². The monoisotopic (exact) mass is 277 g/mol. The van der Waals surface area contributed by atoms with Crippen molar-refractivity contribution in [3.8, 4) is 0 Å². The minimum absolute atomic E-state index is 0.0265. The molecule has 7 heteroatoms. The molecule has 1 heterocycles. The summed E-state index contributed by atoms with van der Waals surface area (Å²) >= 11 is 0. The van der Waals surface area contributed by atoms with Gasteiger partial charge in [-0.15, -0.1) is 0 Å². The molecule has 2 atom stereocenters. The van der Waals surface area contributed by atoms with Crippen LogP contribution in [0.15, 0.2) is 22.8 Å². The Morgan fingerprint density at radius 1 is 1.47 bits per heavy atom. The third kappa shape index (κ3) is 4.86. The third-order valence-corrected chi connectivity index (χ3v) is 2.12. The van der Waals surface area contributed by atoms with E-state index < -0.39 is 30.3 Å². The lowest BCUT2D eigenvalue weighted by molar-refractivity contribution is -0.0332. The summed E-state index contributed by atoms with van der Waals surface area (Å²) in [6.07, 6.45) is -4.76. The van der Waals surface area contributed by atoms with Crippen LogP contribution >= 0.6 is 0 Å². The predicted molar refractivity (Wildman–Crippen MR) is 62.8 cm³/mol. The molecule has 108 valence electrons. The Kier molecular flexibility index (Phi) is 4.88. The van der Waals surface area contributed by atoms with Gasteiger partial charge in [-0.2, -0.15) is 0 Å². The Morgan fingerprint density at radius 2 is 2.11 bits per heavy atom. The van der Waals surface area contributed by atoms with Crippen molar-refractivity contribution in [3.05, 3.63) is 24.2 Å². The van der Waals surface area contributed by atoms with Gasteiger partial charge in [-0.3, -0.25) is 0 Å². The van der Waals surface area contributed by atoms with Crippen LogP contribution in [0, 0.1) is 0 Å². The van der Waals surface area contributed by atoms with Crippen LogP contribution in [0.3, 0.4) is 0 Å². The number of hydrogen-bond donors (Lipinski definition) is 2. The highest BCUT2D eigenvalue weighted by Gasteiger charge is 2.33. The van der Waals surface area contributed by atoms with Crippen LogP contribution in [0.25, 0.3) is 0 Å². The van der Waals surface area contributed by atoms with Crippen LogP contribution in [0.4, 0.5) is 13.6 Å². The van der Waals surface area contributed by atoms with Gasteiger partial charge in [0.25, 0.3) is 6.43 Å². The van der Waals surface area contributed by atoms with E-state index in [0.29, 0.717) is 0 Å². The summed E-state index contributed by atoms with van der Waals surface area (Å²) in [5.74, 6) is 0.0265. The fraction of sp³-hybridized carbons (Fsp3) is 0.583. The Morgan fingerprint density at radius 3 is 2.53 bits per heavy atom. The molecule has 0 radical (unpaired) electrons. The molecule has 1 rings (SSSR count). The molecule has 0 fully saturated rings. The van der Waals surface area contributed by atoms with Gasteiger partial charge < -0.3 is 19.6 Å². The molecule has 0 bridgehead atoms. The van der Waals surface area contributed by atoms with Gasteiger partial charge in [0, 0.05) is 0 Å². The van der Waals surface area contributed by atoms with Crippen LogP contribution in [0.1, 0.15) is 32.6 Å². The molecule has 5 nitrogen and oxygen atoms in total. The number of amides is 1. The van der Waals surface area contributed by atoms with Crippen LogP contribution in [-0.4, -0.2) is 29.3 Å². The summed E-state index contributed by atoms with van der Waals surface area (Å²) in [5, 5.41) is 11.6. The fourth-order valence-corrected chi connectivity index (χ4v) is 1.37. The first-order chi connectivity index (χ1) is 8.70. The number of aliphatic hydroxyl groups is 1. The molecular formula is C12H17F2NO4. The number of alkyl carbamates (subject to hydrolysis) is 1. The van der Waals surface area contributed by atoms with Crippen molar-refractivity contribution in [1.82, 2.24) is 5.32 Å². The maximum atomic E-state index is 12.6. The van der Waals surface area contributed by atoms with Gasteiger partial charge in [-0.1, -0.05) is 0 Å². The SMILES string of the molecule is CC(C)(C)OC(=O)N[C@H](c1ccco1)[C@@H](O)C(F)F. The first kappa shape index (κ1) is 15.4. The van der Waals surface area contributed by atoms with Gasteiger partial charge in [0.15, 0.2) is 0 Å². The maximum Gasteiger partial charge on any atom is 0.408 e. The lowest BCUT2D eigenvalue weighted by Gasteiger charge is -2.25. The Hall–Kier alpha value is -1.63. The van der Waals surface area contributed by atoms with Crippen molar-refractivity contribution in [2.24, 2.45) is 0 Å². The second-order valence-electron chi connectivity index (χ2n) is 4.96. The molecule has 0 saturated carbocycles. The van der Waals surface area contributed by atoms with E-state index in [0.717, 1.165) is 0 Å². The van der Waals surface area contributed by atoms with E-state index in [-0.39, 0.29) is 5.76 Å². The van der Waals surface area contributed by atoms with Crippen LogP contribution < -0.4 is 5.32 Å². The zero-order valence-corrected chi connectivity index (χ0v) is 10.9. The Balaban J connectivity index is 2.79. The van der Waals surface area contributed by atoms with E-state index in [9.17, 15) is 18.7 Å². The molecule has 0 aliphatic carbocycles. The number of furan rings is 1. The summed E-state index contributed by atoms with van der Waals surface area (Å²) in [4.78, 5) is 11.6. The number of hydrogen-bond acceptors (Lipinski definition) is 4. The van der Waals surface area contributed by atoms with Crippen LogP contribution in [0.5, 0.6) is 0 Å². The van der Waals surface area contributed by atoms with E-state index in [1.54, 1.807) is 20.8 Å². The molecule has 1 aromatic heterocycles. The van der Waals surface area contributed by atoms with Crippen molar-refractivity contribution < 1.29 is 27.8 Å². The molecule has 1 aromatic rings. The van der Waals surface area contributed by atoms with Gasteiger partial charge in [-0.05, 0) is 32.9 Å². The van der Waals surface area contributed by atoms with Crippen molar-refractivity contribution >= 4 is 6.09 Å². The molecule has 0 saturated heterocycles. The highest BCUT2D eigenvalue weighted by molar-refractivity contribution is 5.68. The third-order valence-electron chi connectivity index (χ3n) is 2.12. The van der Waals surface area contributed by atoms with Crippen molar-refractivity contribution in [3.63, 3.8) is 0 Å². The Labute approximate surface area is 109 Å². The van der Waals surface area contributed by atoms with Gasteiger partial charge in [0.1, 0.15) is 23.5 Å². The number of carbonyl (C=O) groups excluding carboxylic acids is 1. The number of halogens is 2. The number of nitrogens with one attached hydrogen (secondary N) is 1. The quantitative estimate of drug-likeness (QED) is 0.886. The number of ether oxygens (including phenoxy) is 1. The lowest BCUT2D eigenvalue weighted by Crippen LogP contribution is -2.42. The number of carbonyl (C=O) groups is 1. The summed E-state index contributed by atoms with van der Waals surface area (Å²) in [7, 11) is 0. The minimum Gasteiger partial charge on any atom is -0.467 e. The molecule has 2 N–H and O–H groups in total. The van der Waals surface area contributed by atoms with Gasteiger partial charge in [0.05, 0.1) is 6.26 Å². The zero-order chi connectivity index (χ0) is 14.6. The summed E-state index contributed by atoms with van der Waals surface area (Å²) in [6, 6.07) is 1.48. The van der Waals surface area contributed by atoms with Crippen LogP contribution in [-0.2, 0) is 4.74 Å². The van der Waals surface area contributed by atoms with Crippen molar-refractivity contribution in [2.75, 3.05) is 0 Å². The van der Waals surface area contributed by atoms with Crippen molar-refractivity contribution in [1.29, 1.82) is 0 Å². The highest BCUT2D eigenvalue weighted by atomic mass is 19.3. The smallest absolute Gasteiger partial charge is 0.408 e. The highest BCUT2D eigenvalue weighted by Crippen LogP contribution is 2.22. The minimum atomic E-state index is -3.02. The molecule has 0 spiro atoms. The molecular weight excluding hydrogens is 260 g/mol. The second kappa shape index (κ2) is 6.01. The van der Waals surface area contributed by atoms with E-state index in [4.69, 9.17) is 9.15 Å². The van der Waals surface area contributed by atoms with Crippen LogP contribution in [0.2, 0.25) is 0 Å². The van der Waals surface area contributed by atoms with E-state index in [2.05, 4.69) is 5.32 Å². The Bertz CT molecular complexity index is 400. The molecule has 0 aromatic carbocycles. The average Bonchev–Trinajstić information content (AvgIpc) is 2.75. The van der Waals surface area contributed by atoms with Crippen molar-refractivity contribution in [2.45, 2.75) is 44.9 Å². The number of rotatable bonds is 4. The normalized spacial score (nSPS) is 15.1. The average molecular weight is 277 g/mol. The zero-order valence-electron chi connectivity index (χ0n) is 10.9. The summed E-state index contributed by atoms with van der Waals surface area (Å²) in [6.45, 7) is 4.91. The molecule has 19 heavy (non-hydrogen) atoms. The van der Waals surface area contributed by atoms with E-state index in [1.807, 2.05) is 0 Å². The van der Waals surface area contributed by atoms with Gasteiger partial charge in [-0.25, -0.2) is 13.6 Å². The molecule has 0 aliphatic heterocycles. The van der Waals surface area contributed by atoms with E-state index in [1.165, 1.54) is 18.4 Å². The first-order valence-electron chi connectivity index (χ1n) is 5.70. The molecule has 1 amide bonds. The first-order valence-corrected chi connectivity index (χ1v) is 5.70. The molecule has 0 unspecified atom stereocenters. The summed E-state index contributed by atoms with van der Waals surface area (Å²) in [5.41, 5.74) is -0.770. The largest absolute Gasteiger partial charge is 0.467 e. The van der Waals surface area contributed by atoms with E-state index >= 15 is 0 Å². The maximum absolute atomic E-state index is 12.6. The second-order valence-corrected chi connectivity index (χ2v) is 4.96. The van der Waals surface area contributed by atoms with Gasteiger partial charge in [0.2, 0.25) is 0 Å². The standard InChI is InChI=1S/C12H17F2NO4/c1-12(2,3)19-11(17)15-8(9(16)10(13)14)7-5-4-6-18-7/h4-6,8-10,16H,1-3H3,(H,15,17)/t8-,9-/m1/s1. The fourth-order valence-electron chi connectivity index (χ4n) is 1.37. The topological polar surface area (TPSA) is 71.7 Å². The predicted octanol–water partition coefficient (Wildman–Crippen LogP) is 2.47. The molecule has 0 aliphatic rings. The number of aliphatic hydroxyl groups excluding tert-OH is 1. The number of alkyl halides is 2. The lowest BCUT2D eigenvalue weighted by atomic mass is 10.1. The summed E-state index contributed by atoms with van der Waals surface area (Å²) < 4.78 is 35.0.